The largest absolute Gasteiger partial charge is 0.490 e. The number of nitrogens with one attached hydrogen (secondary N) is 1. The van der Waals surface area contributed by atoms with Crippen molar-refractivity contribution in [3.8, 4) is 5.75 Å². The molecule has 0 radical (unpaired) electrons. The molecule has 0 amide bonds. The Hall–Kier alpha value is -1.20. The lowest BCUT2D eigenvalue weighted by Crippen LogP contribution is -2.46. The molecule has 0 saturated carbocycles. The summed E-state index contributed by atoms with van der Waals surface area (Å²) in [7, 11) is 0. The van der Waals surface area contributed by atoms with Crippen molar-refractivity contribution in [3.05, 3.63) is 29.8 Å². The number of halogens is 2. The Balaban J connectivity index is 2.38. The lowest BCUT2D eigenvalue weighted by molar-refractivity contribution is 0.155. The molecule has 1 aromatic rings. The number of hydrogen-bond acceptors (Lipinski definition) is 3. The van der Waals surface area contributed by atoms with E-state index in [9.17, 15) is 13.9 Å². The van der Waals surface area contributed by atoms with Crippen molar-refractivity contribution in [3.63, 3.8) is 0 Å². The molecule has 0 heterocycles. The summed E-state index contributed by atoms with van der Waals surface area (Å²) in [6.07, 6.45) is 2.32. The Morgan fingerprint density at radius 3 is 2.75 bits per heavy atom. The number of rotatable bonds is 9. The van der Waals surface area contributed by atoms with Gasteiger partial charge in [-0.3, -0.25) is 0 Å². The highest BCUT2D eigenvalue weighted by Gasteiger charge is 2.21. The average molecular weight is 287 g/mol. The lowest BCUT2D eigenvalue weighted by atomic mass is 9.97. The summed E-state index contributed by atoms with van der Waals surface area (Å²) in [6, 6.07) is 3.87. The number of hydrogen-bond donors (Lipinski definition) is 2. The quantitative estimate of drug-likeness (QED) is 0.686. The van der Waals surface area contributed by atoms with Gasteiger partial charge in [0.1, 0.15) is 0 Å². The van der Waals surface area contributed by atoms with E-state index in [-0.39, 0.29) is 24.5 Å². The molecule has 0 fully saturated rings. The zero-order valence-corrected chi connectivity index (χ0v) is 12.1. The Kier molecular flexibility index (Phi) is 6.88. The highest BCUT2D eigenvalue weighted by Crippen LogP contribution is 2.20. The third-order valence-corrected chi connectivity index (χ3v) is 3.20. The number of benzene rings is 1. The predicted molar refractivity (Wildman–Crippen MR) is 74.9 cm³/mol. The third-order valence-electron chi connectivity index (χ3n) is 3.20. The summed E-state index contributed by atoms with van der Waals surface area (Å²) in [5.74, 6) is -1.94. The topological polar surface area (TPSA) is 41.5 Å². The Bertz CT molecular complexity index is 415. The van der Waals surface area contributed by atoms with E-state index in [2.05, 4.69) is 12.2 Å². The van der Waals surface area contributed by atoms with Gasteiger partial charge in [-0.15, -0.1) is 0 Å². The van der Waals surface area contributed by atoms with Crippen LogP contribution < -0.4 is 10.1 Å². The van der Waals surface area contributed by atoms with Crippen molar-refractivity contribution in [2.24, 2.45) is 0 Å². The first-order valence-electron chi connectivity index (χ1n) is 6.95. The van der Waals surface area contributed by atoms with Crippen LogP contribution in [0, 0.1) is 11.6 Å². The first kappa shape index (κ1) is 16.9. The maximum Gasteiger partial charge on any atom is 0.200 e. The van der Waals surface area contributed by atoms with Crippen molar-refractivity contribution >= 4 is 0 Å². The van der Waals surface area contributed by atoms with Crippen LogP contribution >= 0.6 is 0 Å². The van der Waals surface area contributed by atoms with Gasteiger partial charge in [0.15, 0.2) is 11.6 Å². The van der Waals surface area contributed by atoms with E-state index in [0.717, 1.165) is 19.0 Å². The van der Waals surface area contributed by atoms with Gasteiger partial charge in [-0.2, -0.15) is 4.39 Å². The van der Waals surface area contributed by atoms with Crippen LogP contribution in [0.15, 0.2) is 18.2 Å². The first-order chi connectivity index (χ1) is 9.52. The standard InChI is InChI=1S/C15H23F2NO2/c1-3-9-18-15(2,11-19)8-5-10-20-13-7-4-6-12(16)14(13)17/h4,6-7,18-19H,3,5,8-11H2,1-2H3. The first-order valence-corrected chi connectivity index (χ1v) is 6.95. The molecule has 0 aliphatic carbocycles. The smallest absolute Gasteiger partial charge is 0.200 e. The predicted octanol–water partition coefficient (Wildman–Crippen LogP) is 2.87. The van der Waals surface area contributed by atoms with Crippen LogP contribution in [0.4, 0.5) is 8.78 Å². The van der Waals surface area contributed by atoms with Crippen LogP contribution in [0.5, 0.6) is 5.75 Å². The van der Waals surface area contributed by atoms with Gasteiger partial charge < -0.3 is 15.2 Å². The van der Waals surface area contributed by atoms with Gasteiger partial charge >= 0.3 is 0 Å². The fourth-order valence-corrected chi connectivity index (χ4v) is 1.89. The van der Waals surface area contributed by atoms with Gasteiger partial charge in [0, 0.05) is 5.54 Å². The van der Waals surface area contributed by atoms with Gasteiger partial charge in [-0.25, -0.2) is 4.39 Å². The molecule has 0 aliphatic rings. The third kappa shape index (κ3) is 5.06. The molecular weight excluding hydrogens is 264 g/mol. The van der Waals surface area contributed by atoms with Crippen LogP contribution in [0.3, 0.4) is 0 Å². The highest BCUT2D eigenvalue weighted by molar-refractivity contribution is 5.24. The minimum atomic E-state index is -0.957. The van der Waals surface area contributed by atoms with Gasteiger partial charge in [0.2, 0.25) is 5.82 Å². The van der Waals surface area contributed by atoms with Crippen LogP contribution in [-0.2, 0) is 0 Å². The maximum atomic E-state index is 13.3. The monoisotopic (exact) mass is 287 g/mol. The van der Waals surface area contributed by atoms with Gasteiger partial charge in [-0.1, -0.05) is 13.0 Å². The van der Waals surface area contributed by atoms with Crippen molar-refractivity contribution in [2.75, 3.05) is 19.8 Å². The molecule has 0 spiro atoms. The second-order valence-corrected chi connectivity index (χ2v) is 5.15. The fraction of sp³-hybridized carbons (Fsp3) is 0.600. The molecule has 3 nitrogen and oxygen atoms in total. The Labute approximate surface area is 119 Å². The number of aliphatic hydroxyl groups is 1. The average Bonchev–Trinajstić information content (AvgIpc) is 2.45. The molecular formula is C15H23F2NO2. The molecule has 5 heteroatoms. The van der Waals surface area contributed by atoms with E-state index in [4.69, 9.17) is 4.74 Å². The van der Waals surface area contributed by atoms with Crippen LogP contribution in [0.1, 0.15) is 33.1 Å². The van der Waals surface area contributed by atoms with Crippen LogP contribution in [0.2, 0.25) is 0 Å². The zero-order chi connectivity index (χ0) is 15.0. The molecule has 1 atom stereocenters. The molecule has 0 aliphatic heterocycles. The minimum absolute atomic E-state index is 0.0291. The Morgan fingerprint density at radius 1 is 1.35 bits per heavy atom. The van der Waals surface area contributed by atoms with Gasteiger partial charge in [0.25, 0.3) is 0 Å². The SMILES string of the molecule is CCCNC(C)(CO)CCCOc1cccc(F)c1F. The minimum Gasteiger partial charge on any atom is -0.490 e. The summed E-state index contributed by atoms with van der Waals surface area (Å²) >= 11 is 0. The summed E-state index contributed by atoms with van der Waals surface area (Å²) in [5.41, 5.74) is -0.361. The second kappa shape index (κ2) is 8.17. The number of aliphatic hydroxyl groups excluding tert-OH is 1. The van der Waals surface area contributed by atoms with E-state index in [1.165, 1.54) is 12.1 Å². The maximum absolute atomic E-state index is 13.3. The fourth-order valence-electron chi connectivity index (χ4n) is 1.89. The molecule has 20 heavy (non-hydrogen) atoms. The van der Waals surface area contributed by atoms with Crippen LogP contribution in [-0.4, -0.2) is 30.4 Å². The van der Waals surface area contributed by atoms with Crippen LogP contribution in [0.25, 0.3) is 0 Å². The van der Waals surface area contributed by atoms with E-state index in [0.29, 0.717) is 12.8 Å². The highest BCUT2D eigenvalue weighted by atomic mass is 19.2. The van der Waals surface area contributed by atoms with Crippen molar-refractivity contribution in [1.82, 2.24) is 5.32 Å². The molecule has 2 N–H and O–H groups in total. The summed E-state index contributed by atoms with van der Waals surface area (Å²) in [6.45, 7) is 5.13. The van der Waals surface area contributed by atoms with E-state index >= 15 is 0 Å². The molecule has 1 aromatic carbocycles. The van der Waals surface area contributed by atoms with E-state index < -0.39 is 11.6 Å². The molecule has 0 saturated heterocycles. The summed E-state index contributed by atoms with van der Waals surface area (Å²) in [4.78, 5) is 0. The number of ether oxygens (including phenoxy) is 1. The summed E-state index contributed by atoms with van der Waals surface area (Å²) < 4.78 is 31.6. The van der Waals surface area contributed by atoms with Gasteiger partial charge in [-0.05, 0) is 44.9 Å². The van der Waals surface area contributed by atoms with Crippen molar-refractivity contribution in [1.29, 1.82) is 0 Å². The molecule has 0 aromatic heterocycles. The van der Waals surface area contributed by atoms with Crippen molar-refractivity contribution in [2.45, 2.75) is 38.6 Å². The van der Waals surface area contributed by atoms with Crippen molar-refractivity contribution < 1.29 is 18.6 Å². The van der Waals surface area contributed by atoms with Gasteiger partial charge in [0.05, 0.1) is 13.2 Å². The zero-order valence-electron chi connectivity index (χ0n) is 12.1. The molecule has 0 bridgehead atoms. The normalized spacial score (nSPS) is 14.1. The molecule has 1 unspecified atom stereocenters. The Morgan fingerprint density at radius 2 is 2.10 bits per heavy atom. The lowest BCUT2D eigenvalue weighted by Gasteiger charge is -2.28. The summed E-state index contributed by atoms with van der Waals surface area (Å²) in [5, 5.41) is 12.7. The molecule has 1 rings (SSSR count). The van der Waals surface area contributed by atoms with E-state index in [1.807, 2.05) is 6.92 Å². The molecule has 114 valence electrons. The van der Waals surface area contributed by atoms with E-state index in [1.54, 1.807) is 0 Å². The second-order valence-electron chi connectivity index (χ2n) is 5.15.